The molecule has 1 unspecified atom stereocenters. The van der Waals surface area contributed by atoms with Gasteiger partial charge in [-0.05, 0) is 18.6 Å². The largest absolute Gasteiger partial charge is 0.371 e. The molecule has 1 fully saturated rings. The van der Waals surface area contributed by atoms with Crippen molar-refractivity contribution in [3.63, 3.8) is 0 Å². The van der Waals surface area contributed by atoms with E-state index in [0.717, 1.165) is 6.54 Å². The summed E-state index contributed by atoms with van der Waals surface area (Å²) in [5.74, 6) is -0.254. The van der Waals surface area contributed by atoms with Crippen LogP contribution in [0.5, 0.6) is 0 Å². The van der Waals surface area contributed by atoms with E-state index >= 15 is 0 Å². The van der Waals surface area contributed by atoms with Gasteiger partial charge in [0.25, 0.3) is 0 Å². The molecule has 1 aromatic rings. The zero-order valence-electron chi connectivity index (χ0n) is 8.52. The fraction of sp³-hybridized carbons (Fsp3) is 0.455. The van der Waals surface area contributed by atoms with Gasteiger partial charge >= 0.3 is 0 Å². The van der Waals surface area contributed by atoms with Crippen molar-refractivity contribution in [2.45, 2.75) is 13.0 Å². The molecule has 1 aliphatic heterocycles. The third kappa shape index (κ3) is 2.14. The highest BCUT2D eigenvalue weighted by Crippen LogP contribution is 2.30. The minimum absolute atomic E-state index is 0.254. The second-order valence-corrected chi connectivity index (χ2v) is 4.06. The molecule has 4 heteroatoms. The summed E-state index contributed by atoms with van der Waals surface area (Å²) in [4.78, 5) is 0. The Morgan fingerprint density at radius 3 is 3.00 bits per heavy atom. The van der Waals surface area contributed by atoms with Gasteiger partial charge in [-0.1, -0.05) is 17.7 Å². The predicted molar refractivity (Wildman–Crippen MR) is 57.7 cm³/mol. The molecule has 1 N–H and O–H groups in total. The van der Waals surface area contributed by atoms with Gasteiger partial charge in [0.15, 0.2) is 0 Å². The summed E-state index contributed by atoms with van der Waals surface area (Å²) in [5, 5.41) is 3.59. The normalized spacial score (nSPS) is 21.7. The minimum atomic E-state index is -0.272. The first-order chi connectivity index (χ1) is 7.20. The van der Waals surface area contributed by atoms with Crippen molar-refractivity contribution < 1.29 is 9.13 Å². The molecule has 0 radical (unpaired) electrons. The van der Waals surface area contributed by atoms with E-state index in [9.17, 15) is 4.39 Å². The number of hydrogen-bond acceptors (Lipinski definition) is 2. The molecule has 1 saturated heterocycles. The van der Waals surface area contributed by atoms with Crippen LogP contribution < -0.4 is 5.32 Å². The van der Waals surface area contributed by atoms with E-state index in [2.05, 4.69) is 5.32 Å². The Kier molecular flexibility index (Phi) is 3.24. The molecule has 0 amide bonds. The maximum atomic E-state index is 13.9. The molecule has 0 aliphatic carbocycles. The molecule has 0 saturated carbocycles. The van der Waals surface area contributed by atoms with Crippen LogP contribution in [0.2, 0.25) is 5.02 Å². The SMILES string of the molecule is Cc1ccc(Cl)c(C2CNCCO2)c1F. The quantitative estimate of drug-likeness (QED) is 0.799. The first-order valence-electron chi connectivity index (χ1n) is 4.97. The van der Waals surface area contributed by atoms with Gasteiger partial charge in [-0.25, -0.2) is 4.39 Å². The molecular weight excluding hydrogens is 217 g/mol. The number of hydrogen-bond donors (Lipinski definition) is 1. The van der Waals surface area contributed by atoms with Gasteiger partial charge in [0.05, 0.1) is 12.7 Å². The number of ether oxygens (including phenoxy) is 1. The Hall–Kier alpha value is -0.640. The third-order valence-corrected chi connectivity index (χ3v) is 2.90. The fourth-order valence-corrected chi connectivity index (χ4v) is 1.99. The lowest BCUT2D eigenvalue weighted by atomic mass is 10.0. The van der Waals surface area contributed by atoms with Crippen LogP contribution in [0.4, 0.5) is 4.39 Å². The summed E-state index contributed by atoms with van der Waals surface area (Å²) >= 11 is 5.99. The Labute approximate surface area is 93.4 Å². The van der Waals surface area contributed by atoms with Crippen molar-refractivity contribution in [1.29, 1.82) is 0 Å². The number of rotatable bonds is 1. The second-order valence-electron chi connectivity index (χ2n) is 3.66. The summed E-state index contributed by atoms with van der Waals surface area (Å²) in [5.41, 5.74) is 1.08. The Morgan fingerprint density at radius 1 is 1.53 bits per heavy atom. The first kappa shape index (κ1) is 10.9. The molecule has 2 rings (SSSR count). The molecule has 1 aliphatic rings. The lowest BCUT2D eigenvalue weighted by Gasteiger charge is -2.25. The van der Waals surface area contributed by atoms with Crippen LogP contribution >= 0.6 is 11.6 Å². The van der Waals surface area contributed by atoms with Crippen LogP contribution in [-0.2, 0) is 4.74 Å². The Bertz CT molecular complexity index is 364. The molecule has 0 aromatic heterocycles. The van der Waals surface area contributed by atoms with Crippen LogP contribution in [-0.4, -0.2) is 19.7 Å². The van der Waals surface area contributed by atoms with Gasteiger partial charge in [0, 0.05) is 23.7 Å². The van der Waals surface area contributed by atoms with Crippen LogP contribution in [0.1, 0.15) is 17.2 Å². The minimum Gasteiger partial charge on any atom is -0.371 e. The highest BCUT2D eigenvalue weighted by molar-refractivity contribution is 6.31. The maximum absolute atomic E-state index is 13.9. The maximum Gasteiger partial charge on any atom is 0.133 e. The average Bonchev–Trinajstić information content (AvgIpc) is 2.26. The lowest BCUT2D eigenvalue weighted by Crippen LogP contribution is -2.34. The van der Waals surface area contributed by atoms with Gasteiger partial charge in [-0.3, -0.25) is 0 Å². The number of morpholine rings is 1. The summed E-state index contributed by atoms with van der Waals surface area (Å²) in [7, 11) is 0. The van der Waals surface area contributed by atoms with E-state index in [-0.39, 0.29) is 11.9 Å². The van der Waals surface area contributed by atoms with Gasteiger partial charge in [-0.15, -0.1) is 0 Å². The van der Waals surface area contributed by atoms with Crippen LogP contribution in [0.25, 0.3) is 0 Å². The van der Waals surface area contributed by atoms with E-state index in [1.165, 1.54) is 0 Å². The van der Waals surface area contributed by atoms with E-state index < -0.39 is 0 Å². The number of nitrogens with one attached hydrogen (secondary N) is 1. The molecule has 82 valence electrons. The van der Waals surface area contributed by atoms with Gasteiger partial charge < -0.3 is 10.1 Å². The summed E-state index contributed by atoms with van der Waals surface area (Å²) < 4.78 is 19.3. The second kappa shape index (κ2) is 4.47. The van der Waals surface area contributed by atoms with Gasteiger partial charge in [0.2, 0.25) is 0 Å². The number of aryl methyl sites for hydroxylation is 1. The number of halogens is 2. The summed E-state index contributed by atoms with van der Waals surface area (Å²) in [6.07, 6.45) is -0.272. The molecule has 0 bridgehead atoms. The van der Waals surface area contributed by atoms with Gasteiger partial charge in [-0.2, -0.15) is 0 Å². The molecule has 1 aromatic carbocycles. The molecule has 2 nitrogen and oxygen atoms in total. The Balaban J connectivity index is 2.36. The molecule has 0 spiro atoms. The highest BCUT2D eigenvalue weighted by Gasteiger charge is 2.22. The molecule has 1 atom stereocenters. The van der Waals surface area contributed by atoms with Crippen LogP contribution in [0.3, 0.4) is 0 Å². The van der Waals surface area contributed by atoms with Crippen molar-refractivity contribution in [3.05, 3.63) is 34.1 Å². The van der Waals surface area contributed by atoms with Crippen molar-refractivity contribution in [3.8, 4) is 0 Å². The monoisotopic (exact) mass is 229 g/mol. The predicted octanol–water partition coefficient (Wildman–Crippen LogP) is 2.45. The average molecular weight is 230 g/mol. The fourth-order valence-electron chi connectivity index (χ4n) is 1.72. The van der Waals surface area contributed by atoms with Crippen molar-refractivity contribution in [2.75, 3.05) is 19.7 Å². The van der Waals surface area contributed by atoms with E-state index in [1.807, 2.05) is 0 Å². The molecule has 15 heavy (non-hydrogen) atoms. The topological polar surface area (TPSA) is 21.3 Å². The van der Waals surface area contributed by atoms with E-state index in [1.54, 1.807) is 19.1 Å². The van der Waals surface area contributed by atoms with E-state index in [0.29, 0.717) is 29.3 Å². The zero-order valence-corrected chi connectivity index (χ0v) is 9.27. The Morgan fingerprint density at radius 2 is 2.33 bits per heavy atom. The van der Waals surface area contributed by atoms with Crippen LogP contribution in [0, 0.1) is 12.7 Å². The highest BCUT2D eigenvalue weighted by atomic mass is 35.5. The van der Waals surface area contributed by atoms with Crippen molar-refractivity contribution >= 4 is 11.6 Å². The zero-order chi connectivity index (χ0) is 10.8. The molecule has 1 heterocycles. The standard InChI is InChI=1S/C11H13ClFNO/c1-7-2-3-8(12)10(11(7)13)9-6-14-4-5-15-9/h2-3,9,14H,4-6H2,1H3. The van der Waals surface area contributed by atoms with E-state index in [4.69, 9.17) is 16.3 Å². The number of benzene rings is 1. The molecular formula is C11H13ClFNO. The van der Waals surface area contributed by atoms with Crippen molar-refractivity contribution in [2.24, 2.45) is 0 Å². The smallest absolute Gasteiger partial charge is 0.133 e. The van der Waals surface area contributed by atoms with Gasteiger partial charge in [0.1, 0.15) is 5.82 Å². The van der Waals surface area contributed by atoms with Crippen molar-refractivity contribution in [1.82, 2.24) is 5.32 Å². The first-order valence-corrected chi connectivity index (χ1v) is 5.35. The summed E-state index contributed by atoms with van der Waals surface area (Å²) in [6.45, 7) is 3.74. The van der Waals surface area contributed by atoms with Crippen LogP contribution in [0.15, 0.2) is 12.1 Å². The summed E-state index contributed by atoms with van der Waals surface area (Å²) in [6, 6.07) is 3.39. The third-order valence-electron chi connectivity index (χ3n) is 2.57. The lowest BCUT2D eigenvalue weighted by molar-refractivity contribution is 0.0255.